The van der Waals surface area contributed by atoms with Gasteiger partial charge in [0.2, 0.25) is 0 Å². The molecule has 2 aromatic carbocycles. The zero-order chi connectivity index (χ0) is 15.1. The molecule has 4 heteroatoms. The molecule has 0 fully saturated rings. The maximum atomic E-state index is 13.1. The molecule has 0 radical (unpaired) electrons. The molecule has 1 unspecified atom stereocenters. The fraction of sp³-hybridized carbons (Fsp3) is 0.278. The quantitative estimate of drug-likeness (QED) is 0.785. The minimum absolute atomic E-state index is 0.199. The van der Waals surface area contributed by atoms with Gasteiger partial charge in [-0.25, -0.2) is 9.07 Å². The number of aliphatic hydroxyl groups excluding tert-OH is 1. The Labute approximate surface area is 128 Å². The number of benzene rings is 2. The van der Waals surface area contributed by atoms with Crippen LogP contribution in [0.15, 0.2) is 42.6 Å². The topological polar surface area (TPSA) is 38.1 Å². The molecule has 0 saturated heterocycles. The first-order valence-electron chi connectivity index (χ1n) is 7.63. The standard InChI is InChI=1S/C18H17FN2O/c19-15-4-6-16(7-5-15)21-18-9-12-2-1-3-13(11-22)17(12)8-14(18)10-20-21/h4-10,13,22H,1-3,11H2. The summed E-state index contributed by atoms with van der Waals surface area (Å²) in [5, 5.41) is 15.1. The Bertz CT molecular complexity index is 823. The molecule has 4 rings (SSSR count). The summed E-state index contributed by atoms with van der Waals surface area (Å²) in [6.45, 7) is 0.199. The van der Waals surface area contributed by atoms with Gasteiger partial charge in [0, 0.05) is 17.9 Å². The second kappa shape index (κ2) is 5.21. The van der Waals surface area contributed by atoms with Crippen LogP contribution in [0.4, 0.5) is 4.39 Å². The van der Waals surface area contributed by atoms with E-state index in [4.69, 9.17) is 0 Å². The summed E-state index contributed by atoms with van der Waals surface area (Å²) in [5.74, 6) is -0.00861. The van der Waals surface area contributed by atoms with Gasteiger partial charge in [-0.2, -0.15) is 5.10 Å². The van der Waals surface area contributed by atoms with Crippen molar-refractivity contribution < 1.29 is 9.50 Å². The van der Waals surface area contributed by atoms with Crippen molar-refractivity contribution in [1.29, 1.82) is 0 Å². The Morgan fingerprint density at radius 3 is 2.82 bits per heavy atom. The van der Waals surface area contributed by atoms with E-state index in [0.717, 1.165) is 35.9 Å². The van der Waals surface area contributed by atoms with Crippen molar-refractivity contribution in [3.05, 3.63) is 59.5 Å². The number of hydrogen-bond acceptors (Lipinski definition) is 2. The maximum absolute atomic E-state index is 13.1. The van der Waals surface area contributed by atoms with Crippen molar-refractivity contribution in [3.8, 4) is 5.69 Å². The lowest BCUT2D eigenvalue weighted by Crippen LogP contribution is -2.13. The summed E-state index contributed by atoms with van der Waals surface area (Å²) in [5.41, 5.74) is 4.43. The van der Waals surface area contributed by atoms with E-state index in [2.05, 4.69) is 17.2 Å². The third kappa shape index (κ3) is 2.11. The van der Waals surface area contributed by atoms with Crippen molar-refractivity contribution in [2.75, 3.05) is 6.61 Å². The fourth-order valence-electron chi connectivity index (χ4n) is 3.40. The number of halogens is 1. The summed E-state index contributed by atoms with van der Waals surface area (Å²) in [6, 6.07) is 10.7. The van der Waals surface area contributed by atoms with Crippen molar-refractivity contribution >= 4 is 10.9 Å². The van der Waals surface area contributed by atoms with E-state index in [-0.39, 0.29) is 18.3 Å². The van der Waals surface area contributed by atoms with E-state index >= 15 is 0 Å². The van der Waals surface area contributed by atoms with E-state index in [0.29, 0.717) is 0 Å². The van der Waals surface area contributed by atoms with Gasteiger partial charge >= 0.3 is 0 Å². The smallest absolute Gasteiger partial charge is 0.123 e. The predicted molar refractivity (Wildman–Crippen MR) is 83.8 cm³/mol. The van der Waals surface area contributed by atoms with Crippen LogP contribution in [-0.2, 0) is 6.42 Å². The van der Waals surface area contributed by atoms with Gasteiger partial charge in [-0.3, -0.25) is 0 Å². The maximum Gasteiger partial charge on any atom is 0.123 e. The second-order valence-corrected chi connectivity index (χ2v) is 5.91. The van der Waals surface area contributed by atoms with Gasteiger partial charge in [-0.05, 0) is 66.8 Å². The molecule has 0 aliphatic heterocycles. The van der Waals surface area contributed by atoms with Crippen LogP contribution in [0, 0.1) is 5.82 Å². The predicted octanol–water partition coefficient (Wildman–Crippen LogP) is 3.58. The van der Waals surface area contributed by atoms with Gasteiger partial charge in [-0.15, -0.1) is 0 Å². The zero-order valence-corrected chi connectivity index (χ0v) is 12.2. The summed E-state index contributed by atoms with van der Waals surface area (Å²) < 4.78 is 14.9. The molecule has 0 amide bonds. The third-order valence-corrected chi connectivity index (χ3v) is 4.56. The Kier molecular flexibility index (Phi) is 3.19. The summed E-state index contributed by atoms with van der Waals surface area (Å²) in [4.78, 5) is 0. The monoisotopic (exact) mass is 296 g/mol. The highest BCUT2D eigenvalue weighted by atomic mass is 19.1. The van der Waals surface area contributed by atoms with Gasteiger partial charge in [0.15, 0.2) is 0 Å². The van der Waals surface area contributed by atoms with Crippen LogP contribution >= 0.6 is 0 Å². The third-order valence-electron chi connectivity index (χ3n) is 4.56. The van der Waals surface area contributed by atoms with Gasteiger partial charge in [0.25, 0.3) is 0 Å². The average Bonchev–Trinajstić information content (AvgIpc) is 2.96. The molecule has 1 aromatic heterocycles. The van der Waals surface area contributed by atoms with Crippen LogP contribution in [0.1, 0.15) is 29.9 Å². The number of aryl methyl sites for hydroxylation is 1. The van der Waals surface area contributed by atoms with Gasteiger partial charge in [0.1, 0.15) is 5.82 Å². The van der Waals surface area contributed by atoms with Gasteiger partial charge < -0.3 is 5.11 Å². The summed E-state index contributed by atoms with van der Waals surface area (Å²) in [6.07, 6.45) is 5.02. The van der Waals surface area contributed by atoms with E-state index < -0.39 is 0 Å². The number of rotatable bonds is 2. The SMILES string of the molecule is OCC1CCCc2cc3c(cnn3-c3ccc(F)cc3)cc21. The molecule has 1 heterocycles. The Morgan fingerprint density at radius 1 is 1.23 bits per heavy atom. The van der Waals surface area contributed by atoms with Crippen LogP contribution in [0.2, 0.25) is 0 Å². The molecule has 1 N–H and O–H groups in total. The lowest BCUT2D eigenvalue weighted by molar-refractivity contribution is 0.253. The number of aliphatic hydroxyl groups is 1. The van der Waals surface area contributed by atoms with Crippen LogP contribution in [-0.4, -0.2) is 21.5 Å². The molecular weight excluding hydrogens is 279 g/mol. The van der Waals surface area contributed by atoms with Crippen LogP contribution in [0.25, 0.3) is 16.6 Å². The molecule has 1 aliphatic rings. The zero-order valence-electron chi connectivity index (χ0n) is 12.2. The first-order chi connectivity index (χ1) is 10.8. The minimum atomic E-state index is -0.247. The normalized spacial score (nSPS) is 17.6. The summed E-state index contributed by atoms with van der Waals surface area (Å²) in [7, 11) is 0. The largest absolute Gasteiger partial charge is 0.396 e. The first-order valence-corrected chi connectivity index (χ1v) is 7.63. The molecule has 1 atom stereocenters. The summed E-state index contributed by atoms with van der Waals surface area (Å²) >= 11 is 0. The molecule has 112 valence electrons. The lowest BCUT2D eigenvalue weighted by atomic mass is 9.82. The molecule has 3 aromatic rings. The van der Waals surface area contributed by atoms with Crippen LogP contribution < -0.4 is 0 Å². The van der Waals surface area contributed by atoms with Gasteiger partial charge in [0.05, 0.1) is 17.4 Å². The van der Waals surface area contributed by atoms with Gasteiger partial charge in [-0.1, -0.05) is 0 Å². The number of hydrogen-bond donors (Lipinski definition) is 1. The van der Waals surface area contributed by atoms with E-state index in [1.54, 1.807) is 12.1 Å². The minimum Gasteiger partial charge on any atom is -0.396 e. The Balaban J connectivity index is 1.87. The molecule has 22 heavy (non-hydrogen) atoms. The van der Waals surface area contributed by atoms with E-state index in [1.807, 2.05) is 10.9 Å². The second-order valence-electron chi connectivity index (χ2n) is 5.91. The number of fused-ring (bicyclic) bond motifs is 2. The van der Waals surface area contributed by atoms with Crippen molar-refractivity contribution in [2.45, 2.75) is 25.2 Å². The molecule has 0 spiro atoms. The average molecular weight is 296 g/mol. The van der Waals surface area contributed by atoms with E-state index in [9.17, 15) is 9.50 Å². The highest BCUT2D eigenvalue weighted by Crippen LogP contribution is 2.34. The lowest BCUT2D eigenvalue weighted by Gasteiger charge is -2.24. The van der Waals surface area contributed by atoms with Crippen molar-refractivity contribution in [2.24, 2.45) is 0 Å². The number of aromatic nitrogens is 2. The van der Waals surface area contributed by atoms with Crippen molar-refractivity contribution in [3.63, 3.8) is 0 Å². The molecule has 0 saturated carbocycles. The fourth-order valence-corrected chi connectivity index (χ4v) is 3.40. The molecular formula is C18H17FN2O. The highest BCUT2D eigenvalue weighted by Gasteiger charge is 2.21. The Morgan fingerprint density at radius 2 is 2.05 bits per heavy atom. The molecule has 0 bridgehead atoms. The highest BCUT2D eigenvalue weighted by molar-refractivity contribution is 5.82. The number of nitrogens with zero attached hydrogens (tertiary/aromatic N) is 2. The van der Waals surface area contributed by atoms with E-state index in [1.165, 1.54) is 23.3 Å². The Hall–Kier alpha value is -2.20. The first kappa shape index (κ1) is 13.5. The molecule has 1 aliphatic carbocycles. The van der Waals surface area contributed by atoms with Crippen molar-refractivity contribution in [1.82, 2.24) is 9.78 Å². The van der Waals surface area contributed by atoms with Crippen LogP contribution in [0.3, 0.4) is 0 Å². The molecule has 3 nitrogen and oxygen atoms in total. The van der Waals surface area contributed by atoms with Crippen LogP contribution in [0.5, 0.6) is 0 Å².